The van der Waals surface area contributed by atoms with E-state index in [1.165, 1.54) is 24.8 Å². The number of benzene rings is 1. The molecule has 17 heavy (non-hydrogen) atoms. The van der Waals surface area contributed by atoms with E-state index in [4.69, 9.17) is 0 Å². The first-order valence-corrected chi connectivity index (χ1v) is 6.51. The number of aryl methyl sites for hydroxylation is 1. The predicted molar refractivity (Wildman–Crippen MR) is 73.4 cm³/mol. The van der Waals surface area contributed by atoms with E-state index in [0.29, 0.717) is 6.42 Å². The molecule has 0 bridgehead atoms. The Hall–Kier alpha value is -1.37. The molecule has 0 aliphatic rings. The third kappa shape index (κ3) is 4.99. The molecule has 0 amide bonds. The molecular formula is C16H22O. The summed E-state index contributed by atoms with van der Waals surface area (Å²) in [6.45, 7) is 5.84. The molecule has 1 heteroatoms. The molecular weight excluding hydrogens is 208 g/mol. The molecule has 0 heterocycles. The normalized spacial score (nSPS) is 10.2. The topological polar surface area (TPSA) is 17.1 Å². The summed E-state index contributed by atoms with van der Waals surface area (Å²) in [5, 5.41) is 0. The summed E-state index contributed by atoms with van der Waals surface area (Å²) in [6.07, 6.45) is 8.00. The summed E-state index contributed by atoms with van der Waals surface area (Å²) >= 11 is 0. The van der Waals surface area contributed by atoms with Crippen LogP contribution in [-0.2, 0) is 6.42 Å². The van der Waals surface area contributed by atoms with Gasteiger partial charge in [0.2, 0.25) is 0 Å². The van der Waals surface area contributed by atoms with E-state index >= 15 is 0 Å². The highest BCUT2D eigenvalue weighted by Gasteiger charge is 2.04. The molecule has 1 nitrogen and oxygen atoms in total. The largest absolute Gasteiger partial charge is 0.294 e. The van der Waals surface area contributed by atoms with Crippen molar-refractivity contribution in [3.05, 3.63) is 48.0 Å². The highest BCUT2D eigenvalue weighted by atomic mass is 16.1. The quantitative estimate of drug-likeness (QED) is 0.363. The summed E-state index contributed by atoms with van der Waals surface area (Å²) in [5.41, 5.74) is 2.16. The Labute approximate surface area is 105 Å². The maximum Gasteiger partial charge on any atom is 0.163 e. The van der Waals surface area contributed by atoms with Gasteiger partial charge in [-0.2, -0.15) is 0 Å². The minimum absolute atomic E-state index is 0.213. The maximum atomic E-state index is 11.7. The van der Waals surface area contributed by atoms with Crippen molar-refractivity contribution < 1.29 is 4.79 Å². The van der Waals surface area contributed by atoms with Crippen molar-refractivity contribution in [1.29, 1.82) is 0 Å². The summed E-state index contributed by atoms with van der Waals surface area (Å²) in [4.78, 5) is 11.7. The third-order valence-electron chi connectivity index (χ3n) is 2.92. The van der Waals surface area contributed by atoms with E-state index in [-0.39, 0.29) is 5.78 Å². The summed E-state index contributed by atoms with van der Waals surface area (Å²) in [6, 6.07) is 8.06. The number of rotatable bonds is 8. The predicted octanol–water partition coefficient (Wildman–Crippen LogP) is 4.57. The van der Waals surface area contributed by atoms with Crippen LogP contribution in [0.2, 0.25) is 0 Å². The van der Waals surface area contributed by atoms with Gasteiger partial charge in [-0.05, 0) is 24.8 Å². The SMILES string of the molecule is C=CCCC(=O)c1ccc(CCCCC)cc1. The maximum absolute atomic E-state index is 11.7. The lowest BCUT2D eigenvalue weighted by atomic mass is 10.0. The Balaban J connectivity index is 2.49. The fourth-order valence-electron chi connectivity index (χ4n) is 1.81. The van der Waals surface area contributed by atoms with Crippen LogP contribution in [0, 0.1) is 0 Å². The van der Waals surface area contributed by atoms with Gasteiger partial charge < -0.3 is 0 Å². The highest BCUT2D eigenvalue weighted by Crippen LogP contribution is 2.11. The average Bonchev–Trinajstić information content (AvgIpc) is 2.37. The van der Waals surface area contributed by atoms with E-state index in [2.05, 4.69) is 25.6 Å². The van der Waals surface area contributed by atoms with Crippen LogP contribution < -0.4 is 0 Å². The molecule has 0 radical (unpaired) electrons. The van der Waals surface area contributed by atoms with Crippen LogP contribution >= 0.6 is 0 Å². The van der Waals surface area contributed by atoms with Gasteiger partial charge in [-0.15, -0.1) is 6.58 Å². The summed E-state index contributed by atoms with van der Waals surface area (Å²) in [7, 11) is 0. The molecule has 0 atom stereocenters. The van der Waals surface area contributed by atoms with E-state index in [1.807, 2.05) is 12.1 Å². The number of ketones is 1. The Morgan fingerprint density at radius 2 is 1.94 bits per heavy atom. The molecule has 0 saturated heterocycles. The monoisotopic (exact) mass is 230 g/mol. The van der Waals surface area contributed by atoms with E-state index < -0.39 is 0 Å². The van der Waals surface area contributed by atoms with Crippen molar-refractivity contribution >= 4 is 5.78 Å². The van der Waals surface area contributed by atoms with Gasteiger partial charge in [0.1, 0.15) is 0 Å². The number of Topliss-reactive ketones (excluding diaryl/α,β-unsaturated/α-hetero) is 1. The van der Waals surface area contributed by atoms with Crippen LogP contribution in [0.3, 0.4) is 0 Å². The molecule has 0 fully saturated rings. The lowest BCUT2D eigenvalue weighted by Gasteiger charge is -2.03. The van der Waals surface area contributed by atoms with Crippen LogP contribution in [0.15, 0.2) is 36.9 Å². The standard InChI is InChI=1S/C16H22O/c1-3-5-7-8-14-10-12-15(13-11-14)16(17)9-6-4-2/h4,10-13H,2-3,5-9H2,1H3. The Morgan fingerprint density at radius 3 is 2.53 bits per heavy atom. The van der Waals surface area contributed by atoms with E-state index in [9.17, 15) is 4.79 Å². The molecule has 0 aromatic heterocycles. The first-order chi connectivity index (χ1) is 8.27. The van der Waals surface area contributed by atoms with Crippen molar-refractivity contribution in [3.63, 3.8) is 0 Å². The third-order valence-corrected chi connectivity index (χ3v) is 2.92. The zero-order valence-corrected chi connectivity index (χ0v) is 10.7. The molecule has 0 saturated carbocycles. The second-order valence-corrected chi connectivity index (χ2v) is 4.40. The van der Waals surface area contributed by atoms with Gasteiger partial charge in [-0.3, -0.25) is 4.79 Å². The molecule has 0 spiro atoms. The van der Waals surface area contributed by atoms with Gasteiger partial charge in [0.15, 0.2) is 5.78 Å². The number of carbonyl (C=O) groups is 1. The Kier molecular flexibility index (Phi) is 6.31. The number of hydrogen-bond donors (Lipinski definition) is 0. The smallest absolute Gasteiger partial charge is 0.163 e. The molecule has 0 N–H and O–H groups in total. The van der Waals surface area contributed by atoms with E-state index in [0.717, 1.165) is 18.4 Å². The second-order valence-electron chi connectivity index (χ2n) is 4.40. The Morgan fingerprint density at radius 1 is 1.24 bits per heavy atom. The lowest BCUT2D eigenvalue weighted by molar-refractivity contribution is 0.0983. The van der Waals surface area contributed by atoms with Crippen molar-refractivity contribution in [2.75, 3.05) is 0 Å². The molecule has 1 rings (SSSR count). The molecule has 0 aliphatic heterocycles. The highest BCUT2D eigenvalue weighted by molar-refractivity contribution is 5.96. The van der Waals surface area contributed by atoms with Crippen molar-refractivity contribution in [3.8, 4) is 0 Å². The molecule has 0 aliphatic carbocycles. The van der Waals surface area contributed by atoms with Crippen molar-refractivity contribution in [2.45, 2.75) is 45.4 Å². The minimum Gasteiger partial charge on any atom is -0.294 e. The number of unbranched alkanes of at least 4 members (excludes halogenated alkanes) is 2. The van der Waals surface area contributed by atoms with Gasteiger partial charge in [0.25, 0.3) is 0 Å². The number of allylic oxidation sites excluding steroid dienone is 1. The molecule has 92 valence electrons. The van der Waals surface area contributed by atoms with Gasteiger partial charge in [-0.1, -0.05) is 50.1 Å². The fourth-order valence-corrected chi connectivity index (χ4v) is 1.81. The van der Waals surface area contributed by atoms with Gasteiger partial charge in [0, 0.05) is 12.0 Å². The minimum atomic E-state index is 0.213. The average molecular weight is 230 g/mol. The van der Waals surface area contributed by atoms with Crippen molar-refractivity contribution in [1.82, 2.24) is 0 Å². The fraction of sp³-hybridized carbons (Fsp3) is 0.438. The van der Waals surface area contributed by atoms with Crippen LogP contribution in [0.5, 0.6) is 0 Å². The molecule has 1 aromatic rings. The van der Waals surface area contributed by atoms with Crippen LogP contribution in [0.25, 0.3) is 0 Å². The van der Waals surface area contributed by atoms with Gasteiger partial charge in [0.05, 0.1) is 0 Å². The number of carbonyl (C=O) groups excluding carboxylic acids is 1. The van der Waals surface area contributed by atoms with Crippen LogP contribution in [0.4, 0.5) is 0 Å². The zero-order valence-electron chi connectivity index (χ0n) is 10.7. The molecule has 0 unspecified atom stereocenters. The second kappa shape index (κ2) is 7.83. The molecule has 1 aromatic carbocycles. The van der Waals surface area contributed by atoms with Crippen molar-refractivity contribution in [2.24, 2.45) is 0 Å². The lowest BCUT2D eigenvalue weighted by Crippen LogP contribution is -1.98. The first-order valence-electron chi connectivity index (χ1n) is 6.51. The van der Waals surface area contributed by atoms with Gasteiger partial charge in [-0.25, -0.2) is 0 Å². The van der Waals surface area contributed by atoms with E-state index in [1.54, 1.807) is 6.08 Å². The summed E-state index contributed by atoms with van der Waals surface area (Å²) < 4.78 is 0. The van der Waals surface area contributed by atoms with Gasteiger partial charge >= 0.3 is 0 Å². The summed E-state index contributed by atoms with van der Waals surface area (Å²) in [5.74, 6) is 0.213. The number of hydrogen-bond acceptors (Lipinski definition) is 1. The zero-order chi connectivity index (χ0) is 12.5. The van der Waals surface area contributed by atoms with Crippen LogP contribution in [-0.4, -0.2) is 5.78 Å². The first kappa shape index (κ1) is 13.7. The Bertz CT molecular complexity index is 348. The van der Waals surface area contributed by atoms with Crippen LogP contribution in [0.1, 0.15) is 54.9 Å².